The fourth-order valence-electron chi connectivity index (χ4n) is 2.51. The van der Waals surface area contributed by atoms with Gasteiger partial charge < -0.3 is 11.1 Å². The van der Waals surface area contributed by atoms with Gasteiger partial charge in [0, 0.05) is 18.0 Å². The summed E-state index contributed by atoms with van der Waals surface area (Å²) in [6, 6.07) is 0.169. The van der Waals surface area contributed by atoms with E-state index in [9.17, 15) is 4.79 Å². The maximum absolute atomic E-state index is 12.1. The Morgan fingerprint density at radius 3 is 2.38 bits per heavy atom. The van der Waals surface area contributed by atoms with Crippen molar-refractivity contribution in [1.82, 2.24) is 5.32 Å². The maximum Gasteiger partial charge on any atom is 0.226 e. The maximum atomic E-state index is 12.1. The summed E-state index contributed by atoms with van der Waals surface area (Å²) in [5.41, 5.74) is 5.61. The van der Waals surface area contributed by atoms with E-state index < -0.39 is 0 Å². The van der Waals surface area contributed by atoms with Gasteiger partial charge in [0.1, 0.15) is 0 Å². The van der Waals surface area contributed by atoms with Crippen molar-refractivity contribution in [3.05, 3.63) is 0 Å². The summed E-state index contributed by atoms with van der Waals surface area (Å²) in [4.78, 5) is 12.1. The summed E-state index contributed by atoms with van der Waals surface area (Å²) in [6.07, 6.45) is 5.22. The van der Waals surface area contributed by atoms with E-state index in [1.54, 1.807) is 0 Å². The molecular weight excluding hydrogens is 200 g/mol. The van der Waals surface area contributed by atoms with Crippen molar-refractivity contribution < 1.29 is 4.79 Å². The number of nitrogens with two attached hydrogens (primary N) is 1. The number of hydrogen-bond donors (Lipinski definition) is 2. The molecule has 1 fully saturated rings. The lowest BCUT2D eigenvalue weighted by molar-refractivity contribution is -0.137. The summed E-state index contributed by atoms with van der Waals surface area (Å²) in [5.74, 6) is 0.854. The van der Waals surface area contributed by atoms with Crippen LogP contribution in [-0.2, 0) is 4.79 Å². The highest BCUT2D eigenvalue weighted by atomic mass is 16.2. The van der Waals surface area contributed by atoms with Gasteiger partial charge in [-0.3, -0.25) is 4.79 Å². The van der Waals surface area contributed by atoms with Gasteiger partial charge in [-0.25, -0.2) is 0 Å². The van der Waals surface area contributed by atoms with Gasteiger partial charge in [0.25, 0.3) is 0 Å². The quantitative estimate of drug-likeness (QED) is 0.728. The van der Waals surface area contributed by atoms with Crippen molar-refractivity contribution in [3.8, 4) is 0 Å². The van der Waals surface area contributed by atoms with E-state index >= 15 is 0 Å². The highest BCUT2D eigenvalue weighted by Crippen LogP contribution is 2.46. The molecule has 3 heteroatoms. The molecule has 94 valence electrons. The van der Waals surface area contributed by atoms with Crippen molar-refractivity contribution in [2.45, 2.75) is 58.9 Å². The Morgan fingerprint density at radius 1 is 1.38 bits per heavy atom. The predicted molar refractivity (Wildman–Crippen MR) is 67.0 cm³/mol. The van der Waals surface area contributed by atoms with Gasteiger partial charge in [-0.15, -0.1) is 0 Å². The predicted octanol–water partition coefficient (Wildman–Crippen LogP) is 2.06. The minimum absolute atomic E-state index is 0.0496. The molecule has 1 atom stereocenters. The molecule has 1 aliphatic rings. The lowest BCUT2D eigenvalue weighted by Gasteiger charge is -2.41. The minimum atomic E-state index is -0.0496. The molecule has 3 N–H and O–H groups in total. The molecule has 1 aliphatic carbocycles. The van der Waals surface area contributed by atoms with Crippen LogP contribution in [-0.4, -0.2) is 18.5 Å². The third-order valence-electron chi connectivity index (χ3n) is 3.48. The molecule has 0 saturated heterocycles. The van der Waals surface area contributed by atoms with Gasteiger partial charge in [-0.2, -0.15) is 0 Å². The molecular formula is C13H26N2O. The van der Waals surface area contributed by atoms with Crippen LogP contribution >= 0.6 is 0 Å². The summed E-state index contributed by atoms with van der Waals surface area (Å²) < 4.78 is 0. The van der Waals surface area contributed by atoms with Crippen LogP contribution in [0.5, 0.6) is 0 Å². The molecule has 1 rings (SSSR count). The molecule has 0 aromatic carbocycles. The monoisotopic (exact) mass is 226 g/mol. The van der Waals surface area contributed by atoms with E-state index in [1.807, 2.05) is 6.92 Å². The Balaban J connectivity index is 2.38. The Kier molecular flexibility index (Phi) is 4.78. The molecule has 0 spiro atoms. The average molecular weight is 226 g/mol. The molecule has 0 heterocycles. The highest BCUT2D eigenvalue weighted by Gasteiger charge is 2.43. The number of amides is 1. The Bertz CT molecular complexity index is 232. The van der Waals surface area contributed by atoms with Crippen LogP contribution in [0.2, 0.25) is 0 Å². The fraction of sp³-hybridized carbons (Fsp3) is 0.923. The average Bonchev–Trinajstić information content (AvgIpc) is 2.10. The highest BCUT2D eigenvalue weighted by molar-refractivity contribution is 5.83. The Hall–Kier alpha value is -0.570. The first-order chi connectivity index (χ1) is 7.46. The Morgan fingerprint density at radius 2 is 2.00 bits per heavy atom. The van der Waals surface area contributed by atoms with E-state index in [4.69, 9.17) is 5.73 Å². The first kappa shape index (κ1) is 13.5. The SMILES string of the molecule is CC(C)CC1(C(=O)NCCC(C)N)CCC1. The molecule has 0 aromatic rings. The first-order valence-corrected chi connectivity index (χ1v) is 6.50. The number of carbonyl (C=O) groups is 1. The summed E-state index contributed by atoms with van der Waals surface area (Å²) >= 11 is 0. The topological polar surface area (TPSA) is 55.1 Å². The van der Waals surface area contributed by atoms with Crippen molar-refractivity contribution in [3.63, 3.8) is 0 Å². The molecule has 1 amide bonds. The first-order valence-electron chi connectivity index (χ1n) is 6.50. The largest absolute Gasteiger partial charge is 0.356 e. The van der Waals surface area contributed by atoms with E-state index in [-0.39, 0.29) is 17.4 Å². The lowest BCUT2D eigenvalue weighted by atomic mass is 9.64. The summed E-state index contributed by atoms with van der Waals surface area (Å²) in [5, 5.41) is 3.04. The van der Waals surface area contributed by atoms with E-state index in [2.05, 4.69) is 19.2 Å². The van der Waals surface area contributed by atoms with Crippen LogP contribution in [0.25, 0.3) is 0 Å². The van der Waals surface area contributed by atoms with Gasteiger partial charge in [0.05, 0.1) is 0 Å². The number of carbonyl (C=O) groups excluding carboxylic acids is 1. The summed E-state index contributed by atoms with van der Waals surface area (Å²) in [6.45, 7) is 7.07. The zero-order chi connectivity index (χ0) is 12.2. The number of nitrogens with one attached hydrogen (secondary N) is 1. The summed E-state index contributed by atoms with van der Waals surface area (Å²) in [7, 11) is 0. The van der Waals surface area contributed by atoms with Crippen LogP contribution in [0, 0.1) is 11.3 Å². The second kappa shape index (κ2) is 5.67. The number of rotatable bonds is 6. The molecule has 3 nitrogen and oxygen atoms in total. The third kappa shape index (κ3) is 3.48. The normalized spacial score (nSPS) is 20.3. The van der Waals surface area contributed by atoms with Gasteiger partial charge in [-0.1, -0.05) is 20.3 Å². The Labute approximate surface area is 99.2 Å². The van der Waals surface area contributed by atoms with E-state index in [0.717, 1.165) is 32.2 Å². The molecule has 0 aliphatic heterocycles. The second-order valence-electron chi connectivity index (χ2n) is 5.75. The van der Waals surface area contributed by atoms with Crippen LogP contribution in [0.1, 0.15) is 52.9 Å². The molecule has 0 radical (unpaired) electrons. The van der Waals surface area contributed by atoms with Crippen molar-refractivity contribution in [2.75, 3.05) is 6.54 Å². The zero-order valence-electron chi connectivity index (χ0n) is 10.9. The third-order valence-corrected chi connectivity index (χ3v) is 3.48. The smallest absolute Gasteiger partial charge is 0.226 e. The minimum Gasteiger partial charge on any atom is -0.356 e. The van der Waals surface area contributed by atoms with Crippen molar-refractivity contribution in [1.29, 1.82) is 0 Å². The van der Waals surface area contributed by atoms with Crippen molar-refractivity contribution in [2.24, 2.45) is 17.1 Å². The van der Waals surface area contributed by atoms with Crippen LogP contribution in [0.4, 0.5) is 0 Å². The van der Waals surface area contributed by atoms with Crippen LogP contribution < -0.4 is 11.1 Å². The van der Waals surface area contributed by atoms with Gasteiger partial charge in [-0.05, 0) is 38.5 Å². The van der Waals surface area contributed by atoms with Crippen molar-refractivity contribution >= 4 is 5.91 Å². The standard InChI is InChI=1S/C13H26N2O/c1-10(2)9-13(6-4-7-13)12(16)15-8-5-11(3)14/h10-11H,4-9,14H2,1-3H3,(H,15,16). The van der Waals surface area contributed by atoms with E-state index in [0.29, 0.717) is 5.92 Å². The van der Waals surface area contributed by atoms with E-state index in [1.165, 1.54) is 6.42 Å². The molecule has 0 aromatic heterocycles. The van der Waals surface area contributed by atoms with Gasteiger partial charge in [0.15, 0.2) is 0 Å². The van der Waals surface area contributed by atoms with Crippen LogP contribution in [0.3, 0.4) is 0 Å². The molecule has 1 unspecified atom stereocenters. The molecule has 0 bridgehead atoms. The second-order valence-corrected chi connectivity index (χ2v) is 5.75. The van der Waals surface area contributed by atoms with Crippen LogP contribution in [0.15, 0.2) is 0 Å². The lowest BCUT2D eigenvalue weighted by Crippen LogP contribution is -2.47. The zero-order valence-corrected chi connectivity index (χ0v) is 10.9. The fourth-order valence-corrected chi connectivity index (χ4v) is 2.51. The van der Waals surface area contributed by atoms with Gasteiger partial charge in [0.2, 0.25) is 5.91 Å². The number of hydrogen-bond acceptors (Lipinski definition) is 2. The molecule has 16 heavy (non-hydrogen) atoms. The van der Waals surface area contributed by atoms with Gasteiger partial charge >= 0.3 is 0 Å². The molecule has 1 saturated carbocycles.